The van der Waals surface area contributed by atoms with Gasteiger partial charge in [-0.1, -0.05) is 6.07 Å². The number of anilines is 1. The minimum absolute atomic E-state index is 0.0724. The average Bonchev–Trinajstić information content (AvgIpc) is 2.68. The van der Waals surface area contributed by atoms with Gasteiger partial charge in [-0.05, 0) is 51.1 Å². The van der Waals surface area contributed by atoms with Gasteiger partial charge in [0.15, 0.2) is 0 Å². The van der Waals surface area contributed by atoms with E-state index in [0.717, 1.165) is 44.0 Å². The van der Waals surface area contributed by atoms with E-state index < -0.39 is 0 Å². The monoisotopic (exact) mass is 353 g/mol. The van der Waals surface area contributed by atoms with Gasteiger partial charge in [0, 0.05) is 50.3 Å². The number of nitrogens with zero attached hydrogens (tertiary/aromatic N) is 4. The SMILES string of the molecule is C[C@@H]1CN(c2ccc(C(=O)NCCCc3ccccn3)cn2)CCN1C. The Labute approximate surface area is 155 Å². The summed E-state index contributed by atoms with van der Waals surface area (Å²) in [6, 6.07) is 10.2. The lowest BCUT2D eigenvalue weighted by molar-refractivity contribution is 0.0953. The van der Waals surface area contributed by atoms with Crippen molar-refractivity contribution in [2.75, 3.05) is 38.1 Å². The maximum Gasteiger partial charge on any atom is 0.252 e. The summed E-state index contributed by atoms with van der Waals surface area (Å²) in [5.74, 6) is 0.869. The third-order valence-corrected chi connectivity index (χ3v) is 4.92. The standard InChI is InChI=1S/C20H27N5O/c1-16-15-25(13-12-24(16)2)19-9-8-17(14-23-19)20(26)22-11-5-7-18-6-3-4-10-21-18/h3-4,6,8-10,14,16H,5,7,11-13,15H2,1-2H3,(H,22,26)/t16-/m1/s1. The predicted molar refractivity (Wildman–Crippen MR) is 103 cm³/mol. The van der Waals surface area contributed by atoms with Gasteiger partial charge in [0.05, 0.1) is 5.56 Å². The van der Waals surface area contributed by atoms with Gasteiger partial charge in [-0.25, -0.2) is 4.98 Å². The van der Waals surface area contributed by atoms with Crippen LogP contribution in [0.1, 0.15) is 29.4 Å². The second-order valence-corrected chi connectivity index (χ2v) is 6.86. The summed E-state index contributed by atoms with van der Waals surface area (Å²) in [6.45, 7) is 5.81. The van der Waals surface area contributed by atoms with Gasteiger partial charge in [0.25, 0.3) is 5.91 Å². The van der Waals surface area contributed by atoms with E-state index in [4.69, 9.17) is 0 Å². The molecule has 1 N–H and O–H groups in total. The molecule has 1 atom stereocenters. The van der Waals surface area contributed by atoms with E-state index in [-0.39, 0.29) is 5.91 Å². The predicted octanol–water partition coefficient (Wildman–Crippen LogP) is 1.98. The average molecular weight is 353 g/mol. The van der Waals surface area contributed by atoms with Crippen molar-refractivity contribution in [1.29, 1.82) is 0 Å². The molecule has 0 aromatic carbocycles. The highest BCUT2D eigenvalue weighted by Crippen LogP contribution is 2.16. The van der Waals surface area contributed by atoms with Crippen molar-refractivity contribution in [2.24, 2.45) is 0 Å². The molecule has 1 amide bonds. The van der Waals surface area contributed by atoms with Crippen molar-refractivity contribution >= 4 is 11.7 Å². The van der Waals surface area contributed by atoms with Crippen LogP contribution in [-0.2, 0) is 6.42 Å². The Kier molecular flexibility index (Phi) is 6.17. The third-order valence-electron chi connectivity index (χ3n) is 4.92. The van der Waals surface area contributed by atoms with Gasteiger partial charge < -0.3 is 15.1 Å². The molecule has 0 spiro atoms. The van der Waals surface area contributed by atoms with Crippen molar-refractivity contribution in [3.05, 3.63) is 54.0 Å². The highest BCUT2D eigenvalue weighted by molar-refractivity contribution is 5.94. The van der Waals surface area contributed by atoms with E-state index in [0.29, 0.717) is 18.2 Å². The van der Waals surface area contributed by atoms with Crippen LogP contribution in [-0.4, -0.2) is 60.0 Å². The van der Waals surface area contributed by atoms with Crippen LogP contribution in [0.3, 0.4) is 0 Å². The molecule has 0 radical (unpaired) electrons. The van der Waals surface area contributed by atoms with Crippen LogP contribution < -0.4 is 10.2 Å². The molecule has 26 heavy (non-hydrogen) atoms. The largest absolute Gasteiger partial charge is 0.354 e. The first kappa shape index (κ1) is 18.3. The van der Waals surface area contributed by atoms with Crippen LogP contribution in [0.15, 0.2) is 42.7 Å². The molecule has 0 aliphatic carbocycles. The van der Waals surface area contributed by atoms with Gasteiger partial charge >= 0.3 is 0 Å². The number of pyridine rings is 2. The topological polar surface area (TPSA) is 61.4 Å². The normalized spacial score (nSPS) is 17.9. The van der Waals surface area contributed by atoms with Gasteiger partial charge in [-0.2, -0.15) is 0 Å². The molecule has 0 saturated carbocycles. The minimum atomic E-state index is -0.0724. The lowest BCUT2D eigenvalue weighted by atomic mass is 10.2. The zero-order valence-electron chi connectivity index (χ0n) is 15.6. The summed E-state index contributed by atoms with van der Waals surface area (Å²) < 4.78 is 0. The quantitative estimate of drug-likeness (QED) is 0.805. The van der Waals surface area contributed by atoms with Crippen LogP contribution in [0.25, 0.3) is 0 Å². The molecular formula is C20H27N5O. The number of nitrogens with one attached hydrogen (secondary N) is 1. The molecule has 1 fully saturated rings. The number of likely N-dealkylation sites (N-methyl/N-ethyl adjacent to an activating group) is 1. The third kappa shape index (κ3) is 4.79. The molecule has 6 nitrogen and oxygen atoms in total. The van der Waals surface area contributed by atoms with Gasteiger partial charge in [0.2, 0.25) is 0 Å². The first-order valence-corrected chi connectivity index (χ1v) is 9.23. The molecule has 138 valence electrons. The Morgan fingerprint density at radius 1 is 1.23 bits per heavy atom. The second-order valence-electron chi connectivity index (χ2n) is 6.86. The number of carbonyl (C=O) groups is 1. The molecule has 1 aliphatic rings. The van der Waals surface area contributed by atoms with E-state index in [1.54, 1.807) is 12.4 Å². The number of rotatable bonds is 6. The van der Waals surface area contributed by atoms with E-state index in [9.17, 15) is 4.79 Å². The number of aromatic nitrogens is 2. The molecule has 0 unspecified atom stereocenters. The summed E-state index contributed by atoms with van der Waals surface area (Å²) in [4.78, 5) is 25.7. The Morgan fingerprint density at radius 3 is 2.81 bits per heavy atom. The fourth-order valence-electron chi connectivity index (χ4n) is 3.08. The number of hydrogen-bond acceptors (Lipinski definition) is 5. The number of aryl methyl sites for hydroxylation is 1. The molecule has 2 aromatic rings. The van der Waals surface area contributed by atoms with E-state index in [1.165, 1.54) is 0 Å². The van der Waals surface area contributed by atoms with Crippen LogP contribution >= 0.6 is 0 Å². The van der Waals surface area contributed by atoms with Crippen LogP contribution in [0.4, 0.5) is 5.82 Å². The highest BCUT2D eigenvalue weighted by Gasteiger charge is 2.21. The lowest BCUT2D eigenvalue weighted by Crippen LogP contribution is -2.50. The maximum absolute atomic E-state index is 12.3. The summed E-state index contributed by atoms with van der Waals surface area (Å²) in [5, 5.41) is 2.95. The fraction of sp³-hybridized carbons (Fsp3) is 0.450. The molecule has 1 saturated heterocycles. The fourth-order valence-corrected chi connectivity index (χ4v) is 3.08. The van der Waals surface area contributed by atoms with Crippen molar-refractivity contribution in [3.63, 3.8) is 0 Å². The Bertz CT molecular complexity index is 704. The Balaban J connectivity index is 1.46. The molecule has 3 rings (SSSR count). The van der Waals surface area contributed by atoms with Crippen molar-refractivity contribution in [1.82, 2.24) is 20.2 Å². The van der Waals surface area contributed by atoms with Crippen LogP contribution in [0, 0.1) is 0 Å². The van der Waals surface area contributed by atoms with Gasteiger partial charge in [-0.15, -0.1) is 0 Å². The van der Waals surface area contributed by atoms with E-state index in [2.05, 4.69) is 39.1 Å². The number of carbonyl (C=O) groups excluding carboxylic acids is 1. The molecule has 2 aromatic heterocycles. The molecule has 0 bridgehead atoms. The summed E-state index contributed by atoms with van der Waals surface area (Å²) in [5.41, 5.74) is 1.66. The van der Waals surface area contributed by atoms with Gasteiger partial charge in [-0.3, -0.25) is 9.78 Å². The van der Waals surface area contributed by atoms with E-state index >= 15 is 0 Å². The zero-order valence-corrected chi connectivity index (χ0v) is 15.6. The smallest absolute Gasteiger partial charge is 0.252 e. The van der Waals surface area contributed by atoms with Crippen molar-refractivity contribution < 1.29 is 4.79 Å². The Hall–Kier alpha value is -2.47. The molecule has 3 heterocycles. The summed E-state index contributed by atoms with van der Waals surface area (Å²) >= 11 is 0. The van der Waals surface area contributed by atoms with Crippen LogP contribution in [0.5, 0.6) is 0 Å². The van der Waals surface area contributed by atoms with Crippen molar-refractivity contribution in [2.45, 2.75) is 25.8 Å². The maximum atomic E-state index is 12.3. The number of piperazine rings is 1. The number of hydrogen-bond donors (Lipinski definition) is 1. The molecule has 6 heteroatoms. The highest BCUT2D eigenvalue weighted by atomic mass is 16.1. The van der Waals surface area contributed by atoms with E-state index in [1.807, 2.05) is 30.3 Å². The minimum Gasteiger partial charge on any atom is -0.354 e. The summed E-state index contributed by atoms with van der Waals surface area (Å²) in [6.07, 6.45) is 5.20. The molecule has 1 aliphatic heterocycles. The van der Waals surface area contributed by atoms with Crippen LogP contribution in [0.2, 0.25) is 0 Å². The van der Waals surface area contributed by atoms with Crippen molar-refractivity contribution in [3.8, 4) is 0 Å². The van der Waals surface area contributed by atoms with Gasteiger partial charge in [0.1, 0.15) is 5.82 Å². The molecular weight excluding hydrogens is 326 g/mol. The Morgan fingerprint density at radius 2 is 2.12 bits per heavy atom. The first-order chi connectivity index (χ1) is 12.6. The zero-order chi connectivity index (χ0) is 18.4. The second kappa shape index (κ2) is 8.76. The first-order valence-electron chi connectivity index (χ1n) is 9.23. The lowest BCUT2D eigenvalue weighted by Gasteiger charge is -2.38. The summed E-state index contributed by atoms with van der Waals surface area (Å²) in [7, 11) is 2.15. The number of amides is 1.